The highest BCUT2D eigenvalue weighted by Gasteiger charge is 2.24. The fourth-order valence-electron chi connectivity index (χ4n) is 10.9. The summed E-state index contributed by atoms with van der Waals surface area (Å²) in [6.07, 6.45) is 1.97. The molecule has 15 rings (SSSR count). The van der Waals surface area contributed by atoms with Crippen LogP contribution in [0.5, 0.6) is 0 Å². The van der Waals surface area contributed by atoms with E-state index >= 15 is 0 Å². The molecule has 0 radical (unpaired) electrons. The quantitative estimate of drug-likeness (QED) is 0.155. The molecule has 0 atom stereocenters. The number of para-hydroxylation sites is 2. The number of pyridine rings is 1. The molecule has 15 aromatic rings. The number of hydrogen-bond donors (Lipinski definition) is 0. The van der Waals surface area contributed by atoms with Crippen LogP contribution in [0.25, 0.3) is 109 Å². The van der Waals surface area contributed by atoms with Gasteiger partial charge in [-0.2, -0.15) is 0 Å². The van der Waals surface area contributed by atoms with Gasteiger partial charge in [-0.1, -0.05) is 133 Å². The van der Waals surface area contributed by atoms with Crippen LogP contribution in [-0.2, 0) is 0 Å². The fraction of sp³-hybridized carbons (Fsp3) is 0. The largest absolute Gasteiger partial charge is 0.456 e. The lowest BCUT2D eigenvalue weighted by molar-refractivity contribution is 0.668. The van der Waals surface area contributed by atoms with E-state index in [1.165, 1.54) is 21.5 Å². The Hall–Kier alpha value is -9.39. The third-order valence-corrected chi connectivity index (χ3v) is 14.0. The molecule has 0 aliphatic heterocycles. The second kappa shape index (κ2) is 14.6. The number of aromatic nitrogens is 1. The zero-order chi connectivity index (χ0) is 45.2. The molecule has 0 amide bonds. The zero-order valence-electron chi connectivity index (χ0n) is 36.9. The number of hydrogen-bond acceptors (Lipinski definition) is 6. The predicted molar refractivity (Wildman–Crippen MR) is 285 cm³/mol. The number of furan rings is 3. The van der Waals surface area contributed by atoms with Crippen molar-refractivity contribution in [2.45, 2.75) is 0 Å². The molecule has 0 spiro atoms. The Bertz CT molecular complexity index is 4310. The van der Waals surface area contributed by atoms with Crippen LogP contribution < -0.4 is 9.80 Å². The first kappa shape index (κ1) is 37.8. The van der Waals surface area contributed by atoms with Gasteiger partial charge in [0.2, 0.25) is 0 Å². The number of benzene rings is 11. The van der Waals surface area contributed by atoms with Gasteiger partial charge in [0, 0.05) is 79.0 Å². The summed E-state index contributed by atoms with van der Waals surface area (Å²) >= 11 is 0. The maximum Gasteiger partial charge on any atom is 0.155 e. The van der Waals surface area contributed by atoms with E-state index in [2.05, 4.69) is 204 Å². The van der Waals surface area contributed by atoms with Crippen LogP contribution >= 0.6 is 0 Å². The van der Waals surface area contributed by atoms with Crippen molar-refractivity contribution in [2.24, 2.45) is 0 Å². The van der Waals surface area contributed by atoms with Crippen LogP contribution in [0.1, 0.15) is 0 Å². The van der Waals surface area contributed by atoms with Crippen LogP contribution in [0.2, 0.25) is 0 Å². The van der Waals surface area contributed by atoms with Crippen LogP contribution in [0, 0.1) is 0 Å². The molecular formula is C63H37N3O3. The topological polar surface area (TPSA) is 58.8 Å². The third-order valence-electron chi connectivity index (χ3n) is 14.0. The molecule has 0 aliphatic carbocycles. The van der Waals surface area contributed by atoms with Gasteiger partial charge in [-0.25, -0.2) is 4.98 Å². The van der Waals surface area contributed by atoms with E-state index in [-0.39, 0.29) is 0 Å². The molecule has 0 unspecified atom stereocenters. The van der Waals surface area contributed by atoms with Crippen molar-refractivity contribution in [3.8, 4) is 0 Å². The Kier molecular flexibility index (Phi) is 7.97. The Morgan fingerprint density at radius 3 is 1.14 bits per heavy atom. The minimum absolute atomic E-state index is 0.686. The number of nitrogens with zero attached hydrogens (tertiary/aromatic N) is 3. The highest BCUT2D eigenvalue weighted by molar-refractivity contribution is 6.17. The van der Waals surface area contributed by atoms with Crippen LogP contribution in [0.4, 0.5) is 34.1 Å². The van der Waals surface area contributed by atoms with Gasteiger partial charge in [0.1, 0.15) is 33.4 Å². The summed E-state index contributed by atoms with van der Waals surface area (Å²) in [5, 5.41) is 14.6. The summed E-state index contributed by atoms with van der Waals surface area (Å²) in [6.45, 7) is 0. The van der Waals surface area contributed by atoms with Crippen molar-refractivity contribution < 1.29 is 13.3 Å². The van der Waals surface area contributed by atoms with Gasteiger partial charge in [-0.15, -0.1) is 0 Å². The molecule has 0 fully saturated rings. The van der Waals surface area contributed by atoms with E-state index in [4.69, 9.17) is 18.2 Å². The molecule has 4 heterocycles. The van der Waals surface area contributed by atoms with Gasteiger partial charge in [-0.05, 0) is 93.0 Å². The maximum atomic E-state index is 6.96. The van der Waals surface area contributed by atoms with E-state index < -0.39 is 0 Å². The average molecular weight is 884 g/mol. The fourth-order valence-corrected chi connectivity index (χ4v) is 10.9. The molecule has 0 bridgehead atoms. The molecule has 0 saturated heterocycles. The van der Waals surface area contributed by atoms with Crippen molar-refractivity contribution >= 4 is 143 Å². The first-order valence-corrected chi connectivity index (χ1v) is 23.2. The first-order chi connectivity index (χ1) is 34.2. The number of anilines is 6. The maximum absolute atomic E-state index is 6.96. The minimum Gasteiger partial charge on any atom is -0.456 e. The molecule has 322 valence electrons. The number of fused-ring (bicyclic) bond motifs is 15. The Labute approximate surface area is 394 Å². The normalized spacial score (nSPS) is 12.1. The van der Waals surface area contributed by atoms with Gasteiger partial charge in [0.25, 0.3) is 0 Å². The average Bonchev–Trinajstić information content (AvgIpc) is 4.09. The van der Waals surface area contributed by atoms with Gasteiger partial charge < -0.3 is 23.1 Å². The molecule has 4 aromatic heterocycles. The van der Waals surface area contributed by atoms with E-state index in [0.29, 0.717) is 5.58 Å². The Morgan fingerprint density at radius 1 is 0.261 bits per heavy atom. The highest BCUT2D eigenvalue weighted by Crippen LogP contribution is 2.47. The standard InChI is InChI=1S/C63H37N3O3/c1-3-15-44-38(13-1)31-55(48-19-7-5-17-46(44)48)65(40-25-28-52-50-21-9-11-23-57(50)67-59(52)33-40)41-27-30-54-61(35-41)69-62-36-43(37-64-63(54)62)66(42-26-29-53-51-22-10-12-24-58(51)68-60(53)34-42)56-32-39-14-2-4-16-45(39)47-18-6-8-20-49(47)56/h1-37H. The van der Waals surface area contributed by atoms with Crippen molar-refractivity contribution in [1.29, 1.82) is 0 Å². The first-order valence-electron chi connectivity index (χ1n) is 23.2. The van der Waals surface area contributed by atoms with Gasteiger partial charge in [0.05, 0.1) is 23.3 Å². The summed E-state index contributed by atoms with van der Waals surface area (Å²) in [7, 11) is 0. The van der Waals surface area contributed by atoms with Crippen LogP contribution in [0.3, 0.4) is 0 Å². The van der Waals surface area contributed by atoms with Gasteiger partial charge in [-0.3, -0.25) is 0 Å². The molecule has 0 saturated carbocycles. The van der Waals surface area contributed by atoms with Crippen LogP contribution in [0.15, 0.2) is 238 Å². The molecule has 69 heavy (non-hydrogen) atoms. The zero-order valence-corrected chi connectivity index (χ0v) is 36.9. The van der Waals surface area contributed by atoms with E-state index in [1.807, 2.05) is 30.5 Å². The summed E-state index contributed by atoms with van der Waals surface area (Å²) in [5.74, 6) is 0. The molecule has 6 heteroatoms. The lowest BCUT2D eigenvalue weighted by atomic mass is 9.99. The molecule has 6 nitrogen and oxygen atoms in total. The third kappa shape index (κ3) is 5.76. The van der Waals surface area contributed by atoms with Crippen molar-refractivity contribution in [3.63, 3.8) is 0 Å². The Morgan fingerprint density at radius 2 is 0.623 bits per heavy atom. The monoisotopic (exact) mass is 883 g/mol. The predicted octanol–water partition coefficient (Wildman–Crippen LogP) is 18.3. The molecule has 0 N–H and O–H groups in total. The molecule has 0 aliphatic rings. The van der Waals surface area contributed by atoms with Crippen molar-refractivity contribution in [3.05, 3.63) is 225 Å². The van der Waals surface area contributed by atoms with E-state index in [0.717, 1.165) is 116 Å². The lowest BCUT2D eigenvalue weighted by Crippen LogP contribution is -2.11. The van der Waals surface area contributed by atoms with E-state index in [9.17, 15) is 0 Å². The minimum atomic E-state index is 0.686. The van der Waals surface area contributed by atoms with E-state index in [1.54, 1.807) is 0 Å². The number of rotatable bonds is 6. The summed E-state index contributed by atoms with van der Waals surface area (Å²) in [6, 6.07) is 77.1. The highest BCUT2D eigenvalue weighted by atomic mass is 16.3. The van der Waals surface area contributed by atoms with Gasteiger partial charge in [0.15, 0.2) is 5.58 Å². The molecular weight excluding hydrogens is 847 g/mol. The SMILES string of the molecule is c1ccc2c(c1)cc(N(c1ccc3c(c1)oc1ccccc13)c1ccc3c(c1)oc1cc(N(c4ccc5c(c4)oc4ccccc45)c4cc5ccccc5c5ccccc45)cnc13)c1ccccc12. The smallest absolute Gasteiger partial charge is 0.155 e. The summed E-state index contributed by atoms with van der Waals surface area (Å²) in [5.41, 5.74) is 11.4. The summed E-state index contributed by atoms with van der Waals surface area (Å²) in [4.78, 5) is 9.83. The Balaban J connectivity index is 0.933. The van der Waals surface area contributed by atoms with Crippen molar-refractivity contribution in [1.82, 2.24) is 4.98 Å². The van der Waals surface area contributed by atoms with Crippen molar-refractivity contribution in [2.75, 3.05) is 9.80 Å². The molecule has 11 aromatic carbocycles. The second-order valence-corrected chi connectivity index (χ2v) is 17.9. The van der Waals surface area contributed by atoms with Gasteiger partial charge >= 0.3 is 0 Å². The lowest BCUT2D eigenvalue weighted by Gasteiger charge is -2.27. The van der Waals surface area contributed by atoms with Crippen LogP contribution in [-0.4, -0.2) is 4.98 Å². The summed E-state index contributed by atoms with van der Waals surface area (Å²) < 4.78 is 19.9. The second-order valence-electron chi connectivity index (χ2n) is 17.9.